The van der Waals surface area contributed by atoms with Crippen LogP contribution in [0.4, 0.5) is 0 Å². The number of aromatic amines is 1. The van der Waals surface area contributed by atoms with E-state index in [1.54, 1.807) is 6.07 Å². The van der Waals surface area contributed by atoms with E-state index in [-0.39, 0.29) is 5.56 Å². The van der Waals surface area contributed by atoms with Gasteiger partial charge >= 0.3 is 0 Å². The Hall–Kier alpha value is -2.75. The summed E-state index contributed by atoms with van der Waals surface area (Å²) >= 11 is 0. The van der Waals surface area contributed by atoms with E-state index in [1.807, 2.05) is 18.2 Å². The summed E-state index contributed by atoms with van der Waals surface area (Å²) in [5.41, 5.74) is 4.23. The number of hydrogen-bond donors (Lipinski definition) is 1. The van der Waals surface area contributed by atoms with Crippen LogP contribution in [0.1, 0.15) is 25.1 Å². The summed E-state index contributed by atoms with van der Waals surface area (Å²) in [6.07, 6.45) is 11.9. The average molecular weight is 303 g/mol. The molecule has 0 unspecified atom stereocenters. The highest BCUT2D eigenvalue weighted by molar-refractivity contribution is 5.89. The Morgan fingerprint density at radius 1 is 1.13 bits per heavy atom. The van der Waals surface area contributed by atoms with Gasteiger partial charge in [0.25, 0.3) is 5.56 Å². The summed E-state index contributed by atoms with van der Waals surface area (Å²) in [5, 5.41) is 0.638. The number of para-hydroxylation sites is 1. The number of aromatic nitrogens is 2. The molecule has 0 saturated carbocycles. The summed E-state index contributed by atoms with van der Waals surface area (Å²) in [6.45, 7) is 0. The number of hydrogen-bond acceptors (Lipinski definition) is 3. The Kier molecular flexibility index (Phi) is 3.50. The lowest BCUT2D eigenvalue weighted by Crippen LogP contribution is -2.12. The van der Waals surface area contributed by atoms with Gasteiger partial charge in [-0.1, -0.05) is 36.4 Å². The van der Waals surface area contributed by atoms with E-state index in [4.69, 9.17) is 4.99 Å². The van der Waals surface area contributed by atoms with Crippen molar-refractivity contribution in [3.8, 4) is 0 Å². The highest BCUT2D eigenvalue weighted by Crippen LogP contribution is 2.26. The van der Waals surface area contributed by atoms with Gasteiger partial charge in [-0.2, -0.15) is 0 Å². The van der Waals surface area contributed by atoms with Crippen molar-refractivity contribution in [2.24, 2.45) is 4.99 Å². The molecule has 0 amide bonds. The van der Waals surface area contributed by atoms with Gasteiger partial charge in [-0.15, -0.1) is 0 Å². The predicted molar refractivity (Wildman–Crippen MR) is 92.7 cm³/mol. The lowest BCUT2D eigenvalue weighted by atomic mass is 10.1. The number of fused-ring (bicyclic) bond motifs is 1. The van der Waals surface area contributed by atoms with E-state index in [0.29, 0.717) is 11.8 Å². The Morgan fingerprint density at radius 3 is 2.91 bits per heavy atom. The molecule has 0 spiro atoms. The second-order valence-electron chi connectivity index (χ2n) is 5.83. The first-order chi connectivity index (χ1) is 11.3. The molecule has 1 aliphatic heterocycles. The first-order valence-corrected chi connectivity index (χ1v) is 7.90. The summed E-state index contributed by atoms with van der Waals surface area (Å²) in [4.78, 5) is 24.2. The van der Waals surface area contributed by atoms with Crippen molar-refractivity contribution in [1.82, 2.24) is 9.97 Å². The third-order valence-corrected chi connectivity index (χ3v) is 4.22. The maximum atomic E-state index is 12.1. The number of aryl methyl sites for hydroxylation is 1. The lowest BCUT2D eigenvalue weighted by molar-refractivity contribution is 0.896. The number of rotatable bonds is 4. The Morgan fingerprint density at radius 2 is 2.04 bits per heavy atom. The molecule has 4 rings (SSSR count). The fourth-order valence-corrected chi connectivity index (χ4v) is 2.99. The predicted octanol–water partition coefficient (Wildman–Crippen LogP) is 3.47. The van der Waals surface area contributed by atoms with Crippen molar-refractivity contribution < 1.29 is 0 Å². The van der Waals surface area contributed by atoms with Crippen molar-refractivity contribution in [3.05, 3.63) is 76.0 Å². The molecule has 1 aromatic carbocycles. The van der Waals surface area contributed by atoms with Crippen LogP contribution in [-0.2, 0) is 6.42 Å². The maximum Gasteiger partial charge on any atom is 0.258 e. The smallest absolute Gasteiger partial charge is 0.258 e. The molecule has 4 heteroatoms. The number of H-pyrrole nitrogens is 1. The minimum absolute atomic E-state index is 0.0695. The molecular formula is C19H17N3O. The minimum atomic E-state index is -0.0695. The minimum Gasteiger partial charge on any atom is -0.310 e. The molecule has 0 atom stereocenters. The first-order valence-electron chi connectivity index (χ1n) is 7.90. The Labute approximate surface area is 134 Å². The zero-order valence-electron chi connectivity index (χ0n) is 12.7. The van der Waals surface area contributed by atoms with Gasteiger partial charge in [0.05, 0.1) is 16.6 Å². The number of aliphatic imine (C=N–C) groups is 1. The summed E-state index contributed by atoms with van der Waals surface area (Å²) in [6, 6.07) is 7.43. The Bertz CT molecular complexity index is 944. The monoisotopic (exact) mass is 303 g/mol. The van der Waals surface area contributed by atoms with Crippen molar-refractivity contribution >= 4 is 16.6 Å². The van der Waals surface area contributed by atoms with Crippen molar-refractivity contribution in [2.45, 2.75) is 25.7 Å². The van der Waals surface area contributed by atoms with E-state index < -0.39 is 0 Å². The van der Waals surface area contributed by atoms with Crippen molar-refractivity contribution in [3.63, 3.8) is 0 Å². The standard InChI is InChI=1S/C19H17N3O/c23-19-15-7-3-4-8-17(15)21-18(22-19)12-10-14-9-11-16(20-14)13-5-1-2-6-13/h1-5,7-8,11H,6,9-10,12H2,(H,21,22,23). The summed E-state index contributed by atoms with van der Waals surface area (Å²) in [7, 11) is 0. The Balaban J connectivity index is 1.48. The van der Waals surface area contributed by atoms with Crippen molar-refractivity contribution in [2.75, 3.05) is 0 Å². The fraction of sp³-hybridized carbons (Fsp3) is 0.211. The van der Waals surface area contributed by atoms with Gasteiger partial charge < -0.3 is 4.98 Å². The first kappa shape index (κ1) is 13.9. The quantitative estimate of drug-likeness (QED) is 0.940. The van der Waals surface area contributed by atoms with Crippen LogP contribution in [0.15, 0.2) is 69.6 Å². The van der Waals surface area contributed by atoms with Crippen LogP contribution in [-0.4, -0.2) is 15.7 Å². The van der Waals surface area contributed by atoms with E-state index >= 15 is 0 Å². The number of nitrogens with one attached hydrogen (secondary N) is 1. The van der Waals surface area contributed by atoms with Crippen LogP contribution in [0.2, 0.25) is 0 Å². The summed E-state index contributed by atoms with van der Waals surface area (Å²) in [5.74, 6) is 0.728. The number of allylic oxidation sites excluding steroid dienone is 5. The van der Waals surface area contributed by atoms with E-state index in [2.05, 4.69) is 34.3 Å². The molecular weight excluding hydrogens is 286 g/mol. The maximum absolute atomic E-state index is 12.1. The lowest BCUT2D eigenvalue weighted by Gasteiger charge is -2.03. The highest BCUT2D eigenvalue weighted by atomic mass is 16.1. The zero-order valence-corrected chi connectivity index (χ0v) is 12.7. The van der Waals surface area contributed by atoms with E-state index in [9.17, 15) is 4.79 Å². The largest absolute Gasteiger partial charge is 0.310 e. The molecule has 4 nitrogen and oxygen atoms in total. The molecule has 2 heterocycles. The van der Waals surface area contributed by atoms with Crippen LogP contribution >= 0.6 is 0 Å². The van der Waals surface area contributed by atoms with Crippen LogP contribution < -0.4 is 5.56 Å². The molecule has 1 aromatic heterocycles. The number of nitrogens with zero attached hydrogens (tertiary/aromatic N) is 2. The number of benzene rings is 1. The van der Waals surface area contributed by atoms with Crippen LogP contribution in [0.25, 0.3) is 10.9 Å². The SMILES string of the molecule is O=c1[nH]c(CCC2=NC(C3=CC=CC3)=CC2)nc2ccccc12. The second kappa shape index (κ2) is 5.80. The second-order valence-corrected chi connectivity index (χ2v) is 5.83. The normalized spacial score (nSPS) is 16.6. The highest BCUT2D eigenvalue weighted by Gasteiger charge is 2.13. The molecule has 1 aliphatic carbocycles. The van der Waals surface area contributed by atoms with E-state index in [1.165, 1.54) is 5.57 Å². The van der Waals surface area contributed by atoms with Gasteiger partial charge in [0.2, 0.25) is 0 Å². The molecule has 0 saturated heterocycles. The van der Waals surface area contributed by atoms with Crippen molar-refractivity contribution in [1.29, 1.82) is 0 Å². The molecule has 2 aliphatic rings. The average Bonchev–Trinajstić information content (AvgIpc) is 3.24. The van der Waals surface area contributed by atoms with E-state index in [0.717, 1.165) is 42.0 Å². The third-order valence-electron chi connectivity index (χ3n) is 4.22. The molecule has 114 valence electrons. The van der Waals surface area contributed by atoms with Gasteiger partial charge in [0.1, 0.15) is 5.82 Å². The molecule has 0 radical (unpaired) electrons. The fourth-order valence-electron chi connectivity index (χ4n) is 2.99. The molecule has 23 heavy (non-hydrogen) atoms. The van der Waals surface area contributed by atoms with Crippen LogP contribution in [0.5, 0.6) is 0 Å². The molecule has 1 N–H and O–H groups in total. The summed E-state index contributed by atoms with van der Waals surface area (Å²) < 4.78 is 0. The molecule has 2 aromatic rings. The van der Waals surface area contributed by atoms with Gasteiger partial charge in [-0.3, -0.25) is 9.79 Å². The molecule has 0 fully saturated rings. The van der Waals surface area contributed by atoms with Gasteiger partial charge in [-0.05, 0) is 30.5 Å². The van der Waals surface area contributed by atoms with Gasteiger partial charge in [-0.25, -0.2) is 4.98 Å². The zero-order chi connectivity index (χ0) is 15.6. The van der Waals surface area contributed by atoms with Gasteiger partial charge in [0.15, 0.2) is 0 Å². The molecule has 0 bridgehead atoms. The topological polar surface area (TPSA) is 58.1 Å². The van der Waals surface area contributed by atoms with Crippen LogP contribution in [0.3, 0.4) is 0 Å². The van der Waals surface area contributed by atoms with Crippen LogP contribution in [0, 0.1) is 0 Å². The third kappa shape index (κ3) is 2.80. The van der Waals surface area contributed by atoms with Gasteiger partial charge in [0, 0.05) is 18.6 Å².